The third kappa shape index (κ3) is 16.1. The maximum Gasteiger partial charge on any atom is 0.00369 e. The van der Waals surface area contributed by atoms with E-state index in [1.807, 2.05) is 6.08 Å². The summed E-state index contributed by atoms with van der Waals surface area (Å²) in [6, 6.07) is 0. The quantitative estimate of drug-likeness (QED) is 0.247. The Morgan fingerprint density at radius 2 is 0.941 bits per heavy atom. The van der Waals surface area contributed by atoms with Gasteiger partial charge in [-0.05, 0) is 19.3 Å². The average Bonchev–Trinajstić information content (AvgIpc) is 2.35. The van der Waals surface area contributed by atoms with E-state index < -0.39 is 0 Å². The molecule has 0 heterocycles. The fraction of sp³-hybridized carbons (Fsp3) is 0.875. The fourth-order valence-electron chi connectivity index (χ4n) is 2.16. The van der Waals surface area contributed by atoms with E-state index >= 15 is 0 Å². The van der Waals surface area contributed by atoms with Crippen molar-refractivity contribution in [1.29, 1.82) is 0 Å². The summed E-state index contributed by atoms with van der Waals surface area (Å²) in [6.45, 7) is 3.75. The van der Waals surface area contributed by atoms with Crippen molar-refractivity contribution in [2.45, 2.75) is 83.5 Å². The van der Waals surface area contributed by atoms with Crippen molar-refractivity contribution in [2.75, 3.05) is 5.75 Å². The van der Waals surface area contributed by atoms with Crippen LogP contribution in [0.4, 0.5) is 0 Å². The lowest BCUT2D eigenvalue weighted by atomic mass is 10.0. The second-order valence-electron chi connectivity index (χ2n) is 5.02. The molecule has 0 nitrogen and oxygen atoms in total. The lowest BCUT2D eigenvalue weighted by Gasteiger charge is -2.02. The molecule has 0 unspecified atom stereocenters. The third-order valence-electron chi connectivity index (χ3n) is 3.30. The van der Waals surface area contributed by atoms with Gasteiger partial charge in [0.1, 0.15) is 0 Å². The first kappa shape index (κ1) is 17.1. The molecule has 17 heavy (non-hydrogen) atoms. The van der Waals surface area contributed by atoms with Crippen molar-refractivity contribution in [2.24, 2.45) is 0 Å². The van der Waals surface area contributed by atoms with Gasteiger partial charge in [-0.1, -0.05) is 82.9 Å². The molecule has 0 aromatic rings. The number of rotatable bonds is 14. The Bertz CT molecular complexity index is 142. The Morgan fingerprint density at radius 3 is 1.29 bits per heavy atom. The highest BCUT2D eigenvalue weighted by atomic mass is 32.1. The fourth-order valence-corrected chi connectivity index (χ4v) is 2.36. The first-order valence-corrected chi connectivity index (χ1v) is 8.18. The van der Waals surface area contributed by atoms with Crippen LogP contribution in [0, 0.1) is 0 Å². The smallest absolute Gasteiger partial charge is 0.00369 e. The highest BCUT2D eigenvalue weighted by molar-refractivity contribution is 7.80. The van der Waals surface area contributed by atoms with E-state index in [9.17, 15) is 0 Å². The summed E-state index contributed by atoms with van der Waals surface area (Å²) >= 11 is 4.93. The molecular weight excluding hydrogens is 224 g/mol. The molecule has 0 saturated carbocycles. The van der Waals surface area contributed by atoms with Crippen LogP contribution in [-0.2, 0) is 0 Å². The van der Waals surface area contributed by atoms with Crippen LogP contribution in [0.25, 0.3) is 0 Å². The zero-order chi connectivity index (χ0) is 12.6. The van der Waals surface area contributed by atoms with Crippen molar-refractivity contribution >= 4 is 12.6 Å². The summed E-state index contributed by atoms with van der Waals surface area (Å²) in [4.78, 5) is 0. The SMILES string of the molecule is C=CCCCCCCCCCCCCCC[S]. The Morgan fingerprint density at radius 1 is 0.588 bits per heavy atom. The summed E-state index contributed by atoms with van der Waals surface area (Å²) in [6.07, 6.45) is 20.0. The molecule has 0 aliphatic carbocycles. The summed E-state index contributed by atoms with van der Waals surface area (Å²) in [5.74, 6) is 0.950. The van der Waals surface area contributed by atoms with Gasteiger partial charge >= 0.3 is 0 Å². The minimum atomic E-state index is 0.950. The van der Waals surface area contributed by atoms with Crippen molar-refractivity contribution in [1.82, 2.24) is 0 Å². The Hall–Kier alpha value is 0.0900. The maximum atomic E-state index is 4.93. The minimum Gasteiger partial charge on any atom is -0.103 e. The van der Waals surface area contributed by atoms with Gasteiger partial charge in [-0.3, -0.25) is 0 Å². The molecule has 0 amide bonds. The van der Waals surface area contributed by atoms with Crippen LogP contribution in [0.5, 0.6) is 0 Å². The Labute approximate surface area is 115 Å². The van der Waals surface area contributed by atoms with Gasteiger partial charge in [0.2, 0.25) is 0 Å². The summed E-state index contributed by atoms with van der Waals surface area (Å²) < 4.78 is 0. The van der Waals surface area contributed by atoms with Crippen molar-refractivity contribution < 1.29 is 0 Å². The zero-order valence-corrected chi connectivity index (χ0v) is 12.4. The summed E-state index contributed by atoms with van der Waals surface area (Å²) in [5, 5.41) is 0. The van der Waals surface area contributed by atoms with E-state index in [1.54, 1.807) is 0 Å². The van der Waals surface area contributed by atoms with Gasteiger partial charge in [0.05, 0.1) is 0 Å². The maximum absolute atomic E-state index is 4.93. The van der Waals surface area contributed by atoms with Crippen molar-refractivity contribution in [3.63, 3.8) is 0 Å². The van der Waals surface area contributed by atoms with Crippen LogP contribution in [0.3, 0.4) is 0 Å². The van der Waals surface area contributed by atoms with Crippen LogP contribution < -0.4 is 0 Å². The average molecular weight is 255 g/mol. The number of hydrogen-bond acceptors (Lipinski definition) is 0. The first-order valence-electron chi connectivity index (χ1n) is 7.61. The molecular formula is C16H31S. The number of allylic oxidation sites excluding steroid dienone is 1. The van der Waals surface area contributed by atoms with E-state index in [0.29, 0.717) is 0 Å². The summed E-state index contributed by atoms with van der Waals surface area (Å²) in [7, 11) is 0. The zero-order valence-electron chi connectivity index (χ0n) is 11.6. The number of unbranched alkanes of at least 4 members (excludes halogenated alkanes) is 12. The molecule has 0 aromatic carbocycles. The normalized spacial score (nSPS) is 10.6. The third-order valence-corrected chi connectivity index (χ3v) is 3.59. The minimum absolute atomic E-state index is 0.950. The lowest BCUT2D eigenvalue weighted by molar-refractivity contribution is 0.545. The molecule has 101 valence electrons. The van der Waals surface area contributed by atoms with Gasteiger partial charge in [0.25, 0.3) is 0 Å². The monoisotopic (exact) mass is 255 g/mol. The van der Waals surface area contributed by atoms with Crippen LogP contribution in [-0.4, -0.2) is 5.75 Å². The molecule has 0 bridgehead atoms. The molecule has 0 aromatic heterocycles. The van der Waals surface area contributed by atoms with E-state index in [0.717, 1.165) is 5.75 Å². The second kappa shape index (κ2) is 16.1. The summed E-state index contributed by atoms with van der Waals surface area (Å²) in [5.41, 5.74) is 0. The predicted molar refractivity (Wildman–Crippen MR) is 82.7 cm³/mol. The van der Waals surface area contributed by atoms with Gasteiger partial charge in [0, 0.05) is 5.75 Å². The van der Waals surface area contributed by atoms with E-state index in [1.165, 1.54) is 83.5 Å². The molecule has 0 spiro atoms. The Balaban J connectivity index is 2.87. The molecule has 0 rings (SSSR count). The van der Waals surface area contributed by atoms with Gasteiger partial charge < -0.3 is 0 Å². The first-order chi connectivity index (χ1) is 8.41. The van der Waals surface area contributed by atoms with Gasteiger partial charge in [-0.25, -0.2) is 0 Å². The van der Waals surface area contributed by atoms with Gasteiger partial charge in [-0.2, -0.15) is 0 Å². The van der Waals surface area contributed by atoms with Gasteiger partial charge in [0.15, 0.2) is 0 Å². The highest BCUT2D eigenvalue weighted by Gasteiger charge is 1.93. The van der Waals surface area contributed by atoms with Crippen LogP contribution in [0.1, 0.15) is 83.5 Å². The molecule has 0 aliphatic heterocycles. The van der Waals surface area contributed by atoms with Crippen molar-refractivity contribution in [3.05, 3.63) is 12.7 Å². The largest absolute Gasteiger partial charge is 0.103 e. The van der Waals surface area contributed by atoms with Crippen LogP contribution in [0.2, 0.25) is 0 Å². The van der Waals surface area contributed by atoms with Crippen LogP contribution >= 0.6 is 12.6 Å². The highest BCUT2D eigenvalue weighted by Crippen LogP contribution is 2.12. The Kier molecular flexibility index (Phi) is 16.2. The predicted octanol–water partition coefficient (Wildman–Crippen LogP) is 6.44. The lowest BCUT2D eigenvalue weighted by Crippen LogP contribution is -1.83. The van der Waals surface area contributed by atoms with E-state index in [-0.39, 0.29) is 0 Å². The molecule has 0 fully saturated rings. The molecule has 1 heteroatoms. The van der Waals surface area contributed by atoms with E-state index in [2.05, 4.69) is 6.58 Å². The van der Waals surface area contributed by atoms with Crippen LogP contribution in [0.15, 0.2) is 12.7 Å². The standard InChI is InChI=1S/C16H31S/c1-2-3-4-5-6-7-8-9-10-11-12-13-14-15-16-17/h2H,1,3-16H2. The molecule has 0 N–H and O–H groups in total. The van der Waals surface area contributed by atoms with Gasteiger partial charge in [-0.15, -0.1) is 6.58 Å². The molecule has 0 atom stereocenters. The molecule has 0 aliphatic rings. The van der Waals surface area contributed by atoms with E-state index in [4.69, 9.17) is 12.6 Å². The molecule has 1 radical (unpaired) electrons. The van der Waals surface area contributed by atoms with Crippen molar-refractivity contribution in [3.8, 4) is 0 Å². The molecule has 0 saturated heterocycles. The topological polar surface area (TPSA) is 0 Å². The second-order valence-corrected chi connectivity index (χ2v) is 5.43. The number of hydrogen-bond donors (Lipinski definition) is 0.